The number of carbonyl (C=O) groups is 1. The van der Waals surface area contributed by atoms with Crippen LogP contribution in [0.1, 0.15) is 21.5 Å². The third kappa shape index (κ3) is 5.44. The van der Waals surface area contributed by atoms with Gasteiger partial charge in [0.05, 0.1) is 13.3 Å². The molecule has 27 heavy (non-hydrogen) atoms. The molecule has 0 aromatic heterocycles. The molecule has 3 rings (SSSR count). The number of nitrogens with one attached hydrogen (secondary N) is 1. The van der Waals surface area contributed by atoms with Gasteiger partial charge < -0.3 is 9.47 Å². The van der Waals surface area contributed by atoms with Gasteiger partial charge in [-0.05, 0) is 41.5 Å². The van der Waals surface area contributed by atoms with E-state index in [9.17, 15) is 4.79 Å². The van der Waals surface area contributed by atoms with Crippen LogP contribution in [0.2, 0.25) is 0 Å². The summed E-state index contributed by atoms with van der Waals surface area (Å²) in [4.78, 5) is 12.1. The van der Waals surface area contributed by atoms with Gasteiger partial charge in [0, 0.05) is 5.56 Å². The highest BCUT2D eigenvalue weighted by Gasteiger charge is 2.05. The Morgan fingerprint density at radius 1 is 0.963 bits per heavy atom. The van der Waals surface area contributed by atoms with Crippen molar-refractivity contribution in [2.75, 3.05) is 7.11 Å². The highest BCUT2D eigenvalue weighted by atomic mass is 16.5. The minimum absolute atomic E-state index is 0.304. The highest BCUT2D eigenvalue weighted by molar-refractivity contribution is 5.95. The maximum absolute atomic E-state index is 12.1. The quantitative estimate of drug-likeness (QED) is 0.511. The van der Waals surface area contributed by atoms with Crippen LogP contribution in [-0.2, 0) is 6.61 Å². The molecule has 0 fully saturated rings. The number of rotatable bonds is 7. The molecular formula is C22H20N2O3. The molecule has 0 atom stereocenters. The van der Waals surface area contributed by atoms with E-state index in [-0.39, 0.29) is 5.91 Å². The molecular weight excluding hydrogens is 340 g/mol. The summed E-state index contributed by atoms with van der Waals surface area (Å²) in [6.45, 7) is 0.494. The second-order valence-corrected chi connectivity index (χ2v) is 5.78. The molecule has 0 aliphatic rings. The number of hydrazone groups is 1. The van der Waals surface area contributed by atoms with E-state index in [1.165, 1.54) is 0 Å². The van der Waals surface area contributed by atoms with Crippen molar-refractivity contribution in [2.24, 2.45) is 5.10 Å². The second kappa shape index (κ2) is 9.20. The Labute approximate surface area is 158 Å². The normalized spacial score (nSPS) is 10.6. The number of hydrogen-bond acceptors (Lipinski definition) is 4. The van der Waals surface area contributed by atoms with E-state index in [4.69, 9.17) is 9.47 Å². The van der Waals surface area contributed by atoms with Crippen LogP contribution in [0.3, 0.4) is 0 Å². The minimum Gasteiger partial charge on any atom is -0.497 e. The van der Waals surface area contributed by atoms with Crippen LogP contribution in [0, 0.1) is 0 Å². The Hall–Kier alpha value is -3.60. The predicted octanol–water partition coefficient (Wildman–Crippen LogP) is 4.04. The fourth-order valence-electron chi connectivity index (χ4n) is 2.42. The van der Waals surface area contributed by atoms with Gasteiger partial charge >= 0.3 is 0 Å². The lowest BCUT2D eigenvalue weighted by molar-refractivity contribution is 0.0955. The molecule has 0 heterocycles. The highest BCUT2D eigenvalue weighted by Crippen LogP contribution is 2.15. The third-order valence-corrected chi connectivity index (χ3v) is 3.82. The van der Waals surface area contributed by atoms with Gasteiger partial charge in [0.25, 0.3) is 5.91 Å². The summed E-state index contributed by atoms with van der Waals surface area (Å²) in [6.07, 6.45) is 1.58. The van der Waals surface area contributed by atoms with Gasteiger partial charge in [-0.3, -0.25) is 4.79 Å². The van der Waals surface area contributed by atoms with Crippen molar-refractivity contribution in [3.8, 4) is 11.5 Å². The first-order valence-corrected chi connectivity index (χ1v) is 8.49. The molecule has 5 heteroatoms. The van der Waals surface area contributed by atoms with Crippen LogP contribution >= 0.6 is 0 Å². The van der Waals surface area contributed by atoms with Crippen molar-refractivity contribution in [3.63, 3.8) is 0 Å². The van der Waals surface area contributed by atoms with Gasteiger partial charge in [-0.25, -0.2) is 5.43 Å². The zero-order valence-electron chi connectivity index (χ0n) is 15.0. The summed E-state index contributed by atoms with van der Waals surface area (Å²) in [5, 5.41) is 4.01. The van der Waals surface area contributed by atoms with Crippen molar-refractivity contribution < 1.29 is 14.3 Å². The maximum atomic E-state index is 12.1. The summed E-state index contributed by atoms with van der Waals surface area (Å²) >= 11 is 0. The Kier molecular flexibility index (Phi) is 6.20. The molecule has 0 bridgehead atoms. The average Bonchev–Trinajstić information content (AvgIpc) is 2.73. The van der Waals surface area contributed by atoms with Crippen LogP contribution < -0.4 is 14.9 Å². The maximum Gasteiger partial charge on any atom is 0.271 e. The summed E-state index contributed by atoms with van der Waals surface area (Å²) in [5.74, 6) is 1.05. The zero-order chi connectivity index (χ0) is 18.9. The minimum atomic E-state index is -0.304. The van der Waals surface area contributed by atoms with Gasteiger partial charge in [-0.2, -0.15) is 5.10 Å². The number of amides is 1. The van der Waals surface area contributed by atoms with E-state index in [0.717, 1.165) is 16.9 Å². The number of hydrogen-bond donors (Lipinski definition) is 1. The summed E-state index contributed by atoms with van der Waals surface area (Å²) in [6, 6.07) is 24.4. The molecule has 0 radical (unpaired) electrons. The number of carbonyl (C=O) groups excluding carboxylic acids is 1. The van der Waals surface area contributed by atoms with Crippen molar-refractivity contribution in [1.82, 2.24) is 5.43 Å². The van der Waals surface area contributed by atoms with E-state index in [0.29, 0.717) is 17.9 Å². The lowest BCUT2D eigenvalue weighted by Gasteiger charge is -2.07. The first-order chi connectivity index (χ1) is 13.2. The van der Waals surface area contributed by atoms with Gasteiger partial charge in [0.2, 0.25) is 0 Å². The zero-order valence-corrected chi connectivity index (χ0v) is 15.0. The molecule has 5 nitrogen and oxygen atoms in total. The molecule has 3 aromatic rings. The number of nitrogens with zero attached hydrogens (tertiary/aromatic N) is 1. The van der Waals surface area contributed by atoms with Crippen LogP contribution in [0.15, 0.2) is 84.0 Å². The Balaban J connectivity index is 1.57. The van der Waals surface area contributed by atoms with Gasteiger partial charge in [-0.15, -0.1) is 0 Å². The third-order valence-electron chi connectivity index (χ3n) is 3.82. The van der Waals surface area contributed by atoms with Crippen molar-refractivity contribution in [2.45, 2.75) is 6.61 Å². The first-order valence-electron chi connectivity index (χ1n) is 8.49. The molecule has 1 amide bonds. The van der Waals surface area contributed by atoms with Gasteiger partial charge in [0.1, 0.15) is 18.1 Å². The van der Waals surface area contributed by atoms with Crippen LogP contribution in [-0.4, -0.2) is 19.2 Å². The van der Waals surface area contributed by atoms with Crippen LogP contribution in [0.4, 0.5) is 0 Å². The fraction of sp³-hybridized carbons (Fsp3) is 0.0909. The molecule has 3 aromatic carbocycles. The van der Waals surface area contributed by atoms with Gasteiger partial charge in [0.15, 0.2) is 0 Å². The average molecular weight is 360 g/mol. The SMILES string of the molecule is COc1cccc(C(=O)N/N=C\c2cccc(OCc3ccccc3)c2)c1. The van der Waals surface area contributed by atoms with Crippen LogP contribution in [0.5, 0.6) is 11.5 Å². The Morgan fingerprint density at radius 3 is 2.56 bits per heavy atom. The second-order valence-electron chi connectivity index (χ2n) is 5.78. The molecule has 136 valence electrons. The standard InChI is InChI=1S/C22H20N2O3/c1-26-20-11-6-10-19(14-20)22(25)24-23-15-18-9-5-12-21(13-18)27-16-17-7-3-2-4-8-17/h2-15H,16H2,1H3,(H,24,25)/b23-15-. The molecule has 0 spiro atoms. The monoisotopic (exact) mass is 360 g/mol. The number of methoxy groups -OCH3 is 1. The van der Waals surface area contributed by atoms with Crippen molar-refractivity contribution >= 4 is 12.1 Å². The Morgan fingerprint density at radius 2 is 1.74 bits per heavy atom. The predicted molar refractivity (Wildman–Crippen MR) is 105 cm³/mol. The van der Waals surface area contributed by atoms with E-state index >= 15 is 0 Å². The van der Waals surface area contributed by atoms with E-state index in [1.54, 1.807) is 37.6 Å². The molecule has 0 aliphatic heterocycles. The molecule has 1 N–H and O–H groups in total. The summed E-state index contributed by atoms with van der Waals surface area (Å²) in [7, 11) is 1.56. The lowest BCUT2D eigenvalue weighted by Crippen LogP contribution is -2.17. The molecule has 0 unspecified atom stereocenters. The summed E-state index contributed by atoms with van der Waals surface area (Å²) in [5.41, 5.74) is 4.91. The van der Waals surface area contributed by atoms with E-state index in [1.807, 2.05) is 54.6 Å². The van der Waals surface area contributed by atoms with Gasteiger partial charge in [-0.1, -0.05) is 48.5 Å². The smallest absolute Gasteiger partial charge is 0.271 e. The topological polar surface area (TPSA) is 59.9 Å². The van der Waals surface area contributed by atoms with E-state index in [2.05, 4.69) is 10.5 Å². The number of benzene rings is 3. The first kappa shape index (κ1) is 18.2. The van der Waals surface area contributed by atoms with Crippen molar-refractivity contribution in [1.29, 1.82) is 0 Å². The Bertz CT molecular complexity index is 924. The van der Waals surface area contributed by atoms with Crippen molar-refractivity contribution in [3.05, 3.63) is 95.6 Å². The largest absolute Gasteiger partial charge is 0.497 e. The number of ether oxygens (including phenoxy) is 2. The molecule has 0 saturated carbocycles. The van der Waals surface area contributed by atoms with Crippen LogP contribution in [0.25, 0.3) is 0 Å². The van der Waals surface area contributed by atoms with E-state index < -0.39 is 0 Å². The molecule has 0 aliphatic carbocycles. The lowest BCUT2D eigenvalue weighted by atomic mass is 10.2. The summed E-state index contributed by atoms with van der Waals surface area (Å²) < 4.78 is 10.9. The fourth-order valence-corrected chi connectivity index (χ4v) is 2.42. The molecule has 0 saturated heterocycles.